The highest BCUT2D eigenvalue weighted by Gasteiger charge is 2.36. The predicted octanol–water partition coefficient (Wildman–Crippen LogP) is 2.57. The summed E-state index contributed by atoms with van der Waals surface area (Å²) in [5.74, 6) is 0.926. The van der Waals surface area contributed by atoms with Crippen LogP contribution in [0.25, 0.3) is 0 Å². The van der Waals surface area contributed by atoms with Crippen LogP contribution in [0.3, 0.4) is 0 Å². The third kappa shape index (κ3) is 4.00. The van der Waals surface area contributed by atoms with Crippen molar-refractivity contribution in [1.82, 2.24) is 15.1 Å². The van der Waals surface area contributed by atoms with Crippen molar-refractivity contribution in [3.8, 4) is 0 Å². The molecule has 0 radical (unpaired) electrons. The Morgan fingerprint density at radius 3 is 2.67 bits per heavy atom. The van der Waals surface area contributed by atoms with E-state index in [4.69, 9.17) is 0 Å². The number of hydrogen-bond acceptors (Lipinski definition) is 3. The minimum Gasteiger partial charge on any atom is -0.313 e. The first-order valence-corrected chi connectivity index (χ1v) is 9.25. The van der Waals surface area contributed by atoms with Crippen molar-refractivity contribution in [2.75, 3.05) is 39.8 Å². The molecule has 3 atom stereocenters. The second-order valence-electron chi connectivity index (χ2n) is 8.29. The first-order valence-electron chi connectivity index (χ1n) is 9.25. The van der Waals surface area contributed by atoms with E-state index in [0.29, 0.717) is 5.41 Å². The van der Waals surface area contributed by atoms with Gasteiger partial charge in [0.05, 0.1) is 0 Å². The van der Waals surface area contributed by atoms with Crippen LogP contribution in [-0.2, 0) is 0 Å². The lowest BCUT2D eigenvalue weighted by atomic mass is 9.81. The van der Waals surface area contributed by atoms with Gasteiger partial charge in [-0.15, -0.1) is 0 Å². The molecule has 0 bridgehead atoms. The van der Waals surface area contributed by atoms with Gasteiger partial charge in [-0.25, -0.2) is 0 Å². The molecular weight excluding hydrogens is 258 g/mol. The molecule has 3 rings (SSSR count). The zero-order chi connectivity index (χ0) is 14.9. The van der Waals surface area contributed by atoms with Crippen LogP contribution in [0.4, 0.5) is 0 Å². The molecule has 21 heavy (non-hydrogen) atoms. The third-order valence-corrected chi connectivity index (χ3v) is 6.28. The summed E-state index contributed by atoms with van der Waals surface area (Å²) in [5.41, 5.74) is 0.454. The van der Waals surface area contributed by atoms with Gasteiger partial charge in [-0.2, -0.15) is 0 Å². The Kier molecular flexibility index (Phi) is 4.92. The Morgan fingerprint density at radius 1 is 1.14 bits per heavy atom. The Hall–Kier alpha value is -0.120. The quantitative estimate of drug-likeness (QED) is 0.812. The fourth-order valence-electron chi connectivity index (χ4n) is 4.38. The van der Waals surface area contributed by atoms with Crippen LogP contribution in [0.1, 0.15) is 52.4 Å². The average molecular weight is 293 g/mol. The highest BCUT2D eigenvalue weighted by atomic mass is 15.2. The first kappa shape index (κ1) is 15.8. The molecule has 3 fully saturated rings. The van der Waals surface area contributed by atoms with Crippen molar-refractivity contribution in [1.29, 1.82) is 0 Å². The highest BCUT2D eigenvalue weighted by Crippen LogP contribution is 2.32. The van der Waals surface area contributed by atoms with Crippen molar-refractivity contribution >= 4 is 0 Å². The number of fused-ring (bicyclic) bond motifs is 1. The van der Waals surface area contributed by atoms with Gasteiger partial charge in [0, 0.05) is 31.7 Å². The van der Waals surface area contributed by atoms with Crippen molar-refractivity contribution in [2.24, 2.45) is 11.3 Å². The van der Waals surface area contributed by atoms with Gasteiger partial charge in [-0.1, -0.05) is 13.8 Å². The Bertz CT molecular complexity index is 341. The van der Waals surface area contributed by atoms with Crippen LogP contribution >= 0.6 is 0 Å². The lowest BCUT2D eigenvalue weighted by Gasteiger charge is -2.47. The van der Waals surface area contributed by atoms with Crippen molar-refractivity contribution in [3.05, 3.63) is 0 Å². The van der Waals surface area contributed by atoms with E-state index < -0.39 is 0 Å². The lowest BCUT2D eigenvalue weighted by molar-refractivity contribution is 0.0208. The number of nitrogens with zero attached hydrogens (tertiary/aromatic N) is 2. The number of hydrogen-bond donors (Lipinski definition) is 1. The fraction of sp³-hybridized carbons (Fsp3) is 1.00. The molecule has 0 spiro atoms. The van der Waals surface area contributed by atoms with Gasteiger partial charge in [-0.05, 0) is 70.0 Å². The molecule has 1 aliphatic carbocycles. The van der Waals surface area contributed by atoms with Gasteiger partial charge in [0.1, 0.15) is 0 Å². The average Bonchev–Trinajstić information content (AvgIpc) is 3.30. The lowest BCUT2D eigenvalue weighted by Crippen LogP contribution is -2.54. The number of likely N-dealkylation sites (tertiary alicyclic amines) is 2. The summed E-state index contributed by atoms with van der Waals surface area (Å²) < 4.78 is 0. The Labute approximate surface area is 131 Å². The minimum atomic E-state index is 0.454. The number of nitrogens with one attached hydrogen (secondary N) is 1. The fourth-order valence-corrected chi connectivity index (χ4v) is 4.38. The summed E-state index contributed by atoms with van der Waals surface area (Å²) in [7, 11) is 2.34. The van der Waals surface area contributed by atoms with Gasteiger partial charge in [0.15, 0.2) is 0 Å². The molecule has 0 aromatic heterocycles. The van der Waals surface area contributed by atoms with E-state index >= 15 is 0 Å². The zero-order valence-corrected chi connectivity index (χ0v) is 14.4. The van der Waals surface area contributed by atoms with Gasteiger partial charge in [0.25, 0.3) is 0 Å². The number of rotatable bonds is 6. The molecular formula is C18H35N3. The molecule has 3 unspecified atom stereocenters. The van der Waals surface area contributed by atoms with Crippen LogP contribution < -0.4 is 5.32 Å². The molecule has 1 saturated carbocycles. The van der Waals surface area contributed by atoms with Gasteiger partial charge >= 0.3 is 0 Å². The molecule has 2 heterocycles. The molecule has 1 N–H and O–H groups in total. The Balaban J connectivity index is 1.51. The topological polar surface area (TPSA) is 18.5 Å². The minimum absolute atomic E-state index is 0.454. The maximum Gasteiger partial charge on any atom is 0.0145 e. The molecule has 0 aromatic carbocycles. The van der Waals surface area contributed by atoms with Gasteiger partial charge < -0.3 is 15.1 Å². The van der Waals surface area contributed by atoms with Crippen molar-refractivity contribution in [3.63, 3.8) is 0 Å². The zero-order valence-electron chi connectivity index (χ0n) is 14.4. The molecule has 2 aliphatic heterocycles. The van der Waals surface area contributed by atoms with E-state index in [1.54, 1.807) is 0 Å². The second kappa shape index (κ2) is 6.55. The molecule has 0 amide bonds. The molecule has 0 aromatic rings. The summed E-state index contributed by atoms with van der Waals surface area (Å²) in [6.45, 7) is 11.3. The van der Waals surface area contributed by atoms with Crippen LogP contribution in [-0.4, -0.2) is 61.7 Å². The highest BCUT2D eigenvalue weighted by molar-refractivity contribution is 4.92. The Morgan fingerprint density at radius 2 is 1.95 bits per heavy atom. The SMILES string of the molecule is CCC(C)(CNC1CC1)CN1CCC2C(CCCN2C)C1. The van der Waals surface area contributed by atoms with E-state index in [1.165, 1.54) is 71.2 Å². The maximum atomic E-state index is 3.77. The van der Waals surface area contributed by atoms with Crippen LogP contribution in [0.5, 0.6) is 0 Å². The van der Waals surface area contributed by atoms with E-state index in [2.05, 4.69) is 36.0 Å². The third-order valence-electron chi connectivity index (χ3n) is 6.28. The summed E-state index contributed by atoms with van der Waals surface area (Å²) in [6, 6.07) is 1.71. The number of piperidine rings is 2. The van der Waals surface area contributed by atoms with Gasteiger partial charge in [-0.3, -0.25) is 0 Å². The summed E-state index contributed by atoms with van der Waals surface area (Å²) in [6.07, 6.45) is 8.34. The van der Waals surface area contributed by atoms with Crippen molar-refractivity contribution in [2.45, 2.75) is 64.5 Å². The summed E-state index contributed by atoms with van der Waals surface area (Å²) in [5, 5.41) is 3.77. The summed E-state index contributed by atoms with van der Waals surface area (Å²) in [4.78, 5) is 5.40. The van der Waals surface area contributed by atoms with E-state index in [9.17, 15) is 0 Å². The van der Waals surface area contributed by atoms with E-state index in [1.807, 2.05) is 0 Å². The van der Waals surface area contributed by atoms with Gasteiger partial charge in [0.2, 0.25) is 0 Å². The summed E-state index contributed by atoms with van der Waals surface area (Å²) >= 11 is 0. The van der Waals surface area contributed by atoms with E-state index in [-0.39, 0.29) is 0 Å². The standard InChI is InChI=1S/C18H35N3/c1-4-18(2,13-19-16-7-8-16)14-21-11-9-17-15(12-21)6-5-10-20(17)3/h15-17,19H,4-14H2,1-3H3. The van der Waals surface area contributed by atoms with E-state index in [0.717, 1.165) is 18.0 Å². The molecule has 3 heteroatoms. The first-order chi connectivity index (χ1) is 10.1. The molecule has 3 aliphatic rings. The smallest absolute Gasteiger partial charge is 0.0145 e. The van der Waals surface area contributed by atoms with Crippen LogP contribution in [0.15, 0.2) is 0 Å². The monoisotopic (exact) mass is 293 g/mol. The second-order valence-corrected chi connectivity index (χ2v) is 8.29. The predicted molar refractivity (Wildman–Crippen MR) is 89.6 cm³/mol. The molecule has 3 nitrogen and oxygen atoms in total. The van der Waals surface area contributed by atoms with Crippen LogP contribution in [0.2, 0.25) is 0 Å². The van der Waals surface area contributed by atoms with Crippen LogP contribution in [0, 0.1) is 11.3 Å². The normalized spacial score (nSPS) is 34.4. The van der Waals surface area contributed by atoms with Crippen molar-refractivity contribution < 1.29 is 0 Å². The molecule has 122 valence electrons. The molecule has 2 saturated heterocycles. The maximum absolute atomic E-state index is 3.77. The largest absolute Gasteiger partial charge is 0.313 e.